The predicted octanol–water partition coefficient (Wildman–Crippen LogP) is 5.26. The summed E-state index contributed by atoms with van der Waals surface area (Å²) in [6, 6.07) is 14.0. The molecule has 3 heterocycles. The summed E-state index contributed by atoms with van der Waals surface area (Å²) in [7, 11) is 1.60. The summed E-state index contributed by atoms with van der Waals surface area (Å²) in [5.74, 6) is 1.23. The van der Waals surface area contributed by atoms with Gasteiger partial charge in [-0.25, -0.2) is 19.7 Å². The Kier molecular flexibility index (Phi) is 8.84. The van der Waals surface area contributed by atoms with Gasteiger partial charge >= 0.3 is 6.09 Å². The molecule has 0 unspecified atom stereocenters. The number of piperazine rings is 1. The quantitative estimate of drug-likeness (QED) is 0.299. The maximum absolute atomic E-state index is 13.0. The van der Waals surface area contributed by atoms with Crippen molar-refractivity contribution >= 4 is 40.4 Å². The van der Waals surface area contributed by atoms with Crippen molar-refractivity contribution in [2.24, 2.45) is 0 Å². The number of carbonyl (C=O) groups is 3. The highest BCUT2D eigenvalue weighted by atomic mass is 16.6. The highest BCUT2D eigenvalue weighted by Crippen LogP contribution is 2.29. The van der Waals surface area contributed by atoms with Crippen molar-refractivity contribution in [1.82, 2.24) is 25.2 Å². The van der Waals surface area contributed by atoms with Crippen LogP contribution in [0.15, 0.2) is 67.1 Å². The lowest BCUT2D eigenvalue weighted by Gasteiger charge is -2.44. The molecule has 2 atom stereocenters. The Hall–Kier alpha value is -5.26. The number of ether oxygens (including phenoxy) is 2. The number of hydrogen-bond donors (Lipinski definition) is 2. The summed E-state index contributed by atoms with van der Waals surface area (Å²) in [5.41, 5.74) is 0.272. The molecule has 4 aromatic rings. The number of fused-ring (bicyclic) bond motifs is 1. The van der Waals surface area contributed by atoms with E-state index in [0.717, 1.165) is 10.8 Å². The first-order valence-corrected chi connectivity index (χ1v) is 14.7. The maximum Gasteiger partial charge on any atom is 0.410 e. The van der Waals surface area contributed by atoms with Crippen LogP contribution in [0.5, 0.6) is 11.5 Å². The predicted molar refractivity (Wildman–Crippen MR) is 171 cm³/mol. The Morgan fingerprint density at radius 1 is 0.889 bits per heavy atom. The normalized spacial score (nSPS) is 16.7. The van der Waals surface area contributed by atoms with Gasteiger partial charge < -0.3 is 25.0 Å². The van der Waals surface area contributed by atoms with Gasteiger partial charge in [-0.2, -0.15) is 0 Å². The van der Waals surface area contributed by atoms with E-state index < -0.39 is 11.5 Å². The molecule has 0 aliphatic carbocycles. The average Bonchev–Trinajstić information content (AvgIpc) is 2.99. The number of anilines is 2. The molecule has 1 fully saturated rings. The van der Waals surface area contributed by atoms with Crippen LogP contribution in [-0.4, -0.2) is 75.6 Å². The van der Waals surface area contributed by atoms with Gasteiger partial charge in [0.25, 0.3) is 11.8 Å². The van der Waals surface area contributed by atoms with E-state index in [2.05, 4.69) is 25.6 Å². The lowest BCUT2D eigenvalue weighted by molar-refractivity contribution is 0.00551. The summed E-state index contributed by atoms with van der Waals surface area (Å²) in [6.07, 6.45) is 4.13. The van der Waals surface area contributed by atoms with Crippen molar-refractivity contribution in [1.29, 1.82) is 0 Å². The molecule has 3 amide bonds. The van der Waals surface area contributed by atoms with E-state index in [1.165, 1.54) is 18.6 Å². The fourth-order valence-corrected chi connectivity index (χ4v) is 5.29. The minimum absolute atomic E-state index is 0.120. The van der Waals surface area contributed by atoms with Crippen molar-refractivity contribution < 1.29 is 23.9 Å². The second-order valence-electron chi connectivity index (χ2n) is 12.0. The van der Waals surface area contributed by atoms with Gasteiger partial charge in [-0.3, -0.25) is 14.5 Å². The van der Waals surface area contributed by atoms with Crippen molar-refractivity contribution in [3.63, 3.8) is 0 Å². The average molecular weight is 612 g/mol. The molecule has 12 nitrogen and oxygen atoms in total. The highest BCUT2D eigenvalue weighted by Gasteiger charge is 2.36. The summed E-state index contributed by atoms with van der Waals surface area (Å²) in [6.45, 7) is 10.5. The van der Waals surface area contributed by atoms with E-state index in [1.807, 2.05) is 63.8 Å². The molecule has 1 aliphatic heterocycles. The minimum Gasteiger partial charge on any atom is -0.457 e. The number of nitrogens with zero attached hydrogens (tertiary/aromatic N) is 5. The number of rotatable bonds is 6. The van der Waals surface area contributed by atoms with E-state index in [0.29, 0.717) is 41.9 Å². The van der Waals surface area contributed by atoms with Crippen molar-refractivity contribution in [3.8, 4) is 11.5 Å². The molecule has 5 rings (SSSR count). The maximum atomic E-state index is 13.0. The third-order valence-corrected chi connectivity index (χ3v) is 7.24. The van der Waals surface area contributed by atoms with Crippen LogP contribution in [0.2, 0.25) is 0 Å². The number of carbonyl (C=O) groups excluding carboxylic acids is 3. The Balaban J connectivity index is 1.22. The molecule has 0 saturated carbocycles. The number of pyridine rings is 1. The first kappa shape index (κ1) is 31.2. The summed E-state index contributed by atoms with van der Waals surface area (Å²) < 4.78 is 11.6. The zero-order valence-corrected chi connectivity index (χ0v) is 26.2. The zero-order valence-electron chi connectivity index (χ0n) is 26.2. The number of benzene rings is 2. The van der Waals surface area contributed by atoms with Crippen LogP contribution in [0, 0.1) is 0 Å². The van der Waals surface area contributed by atoms with Crippen LogP contribution in [0.1, 0.15) is 55.3 Å². The third-order valence-electron chi connectivity index (χ3n) is 7.24. The third kappa shape index (κ3) is 7.28. The van der Waals surface area contributed by atoms with Gasteiger partial charge in [-0.15, -0.1) is 0 Å². The van der Waals surface area contributed by atoms with Gasteiger partial charge in [0.1, 0.15) is 22.9 Å². The lowest BCUT2D eigenvalue weighted by atomic mass is 10.0. The summed E-state index contributed by atoms with van der Waals surface area (Å²) >= 11 is 0. The van der Waals surface area contributed by atoms with Crippen LogP contribution in [0.3, 0.4) is 0 Å². The fourth-order valence-electron chi connectivity index (χ4n) is 5.29. The van der Waals surface area contributed by atoms with Crippen molar-refractivity contribution in [2.45, 2.75) is 52.3 Å². The van der Waals surface area contributed by atoms with E-state index in [9.17, 15) is 14.4 Å². The number of nitrogens with one attached hydrogen (secondary N) is 2. The van der Waals surface area contributed by atoms with Crippen LogP contribution in [0.4, 0.5) is 16.6 Å². The summed E-state index contributed by atoms with van der Waals surface area (Å²) in [4.78, 5) is 54.8. The molecule has 45 heavy (non-hydrogen) atoms. The van der Waals surface area contributed by atoms with E-state index in [-0.39, 0.29) is 29.6 Å². The molecule has 2 aromatic carbocycles. The molecule has 0 radical (unpaired) electrons. The van der Waals surface area contributed by atoms with Gasteiger partial charge in [-0.05, 0) is 75.7 Å². The topological polar surface area (TPSA) is 139 Å². The number of hydrogen-bond acceptors (Lipinski definition) is 9. The molecule has 1 aliphatic rings. The first-order valence-electron chi connectivity index (χ1n) is 14.7. The molecular formula is C33H37N7O5. The van der Waals surface area contributed by atoms with Gasteiger partial charge in [0.15, 0.2) is 0 Å². The van der Waals surface area contributed by atoms with Crippen molar-refractivity contribution in [3.05, 3.63) is 78.2 Å². The second kappa shape index (κ2) is 12.8. The molecule has 234 valence electrons. The molecule has 2 N–H and O–H groups in total. The second-order valence-corrected chi connectivity index (χ2v) is 12.0. The zero-order chi connectivity index (χ0) is 32.3. The van der Waals surface area contributed by atoms with Crippen LogP contribution < -0.4 is 20.3 Å². The van der Waals surface area contributed by atoms with Gasteiger partial charge in [0.2, 0.25) is 5.95 Å². The van der Waals surface area contributed by atoms with Gasteiger partial charge in [-0.1, -0.05) is 12.1 Å². The molecule has 0 bridgehead atoms. The SMILES string of the molecule is CNC(=O)c1cccc2cc(Oc3ccnc(NC(=O)c4cnc(N5C[C@@H](C)N(C(=O)OC(C)(C)C)[C@@H](C)C5)nc4)c3)ccc12. The fraction of sp³-hybridized carbons (Fsp3) is 0.333. The van der Waals surface area contributed by atoms with Crippen molar-refractivity contribution in [2.75, 3.05) is 30.4 Å². The van der Waals surface area contributed by atoms with Crippen LogP contribution >= 0.6 is 0 Å². The molecule has 2 aromatic heterocycles. The molecule has 1 saturated heterocycles. The number of aromatic nitrogens is 3. The van der Waals surface area contributed by atoms with E-state index in [4.69, 9.17) is 9.47 Å². The Labute approximate surface area is 261 Å². The lowest BCUT2D eigenvalue weighted by Crippen LogP contribution is -2.59. The molecular weight excluding hydrogens is 574 g/mol. The highest BCUT2D eigenvalue weighted by molar-refractivity contribution is 6.07. The molecule has 12 heteroatoms. The Morgan fingerprint density at radius 2 is 1.58 bits per heavy atom. The van der Waals surface area contributed by atoms with Gasteiger partial charge in [0.05, 0.1) is 17.6 Å². The monoisotopic (exact) mass is 611 g/mol. The Morgan fingerprint density at radius 3 is 2.24 bits per heavy atom. The van der Waals surface area contributed by atoms with Crippen LogP contribution in [-0.2, 0) is 4.74 Å². The van der Waals surface area contributed by atoms with Crippen LogP contribution in [0.25, 0.3) is 10.8 Å². The standard InChI is InChI=1S/C33H37N7O5/c1-20-18-39(19-21(2)40(20)32(43)45-33(3,4)5)31-36-16-23(17-37-31)29(41)38-28-15-25(12-13-35-28)44-24-10-11-26-22(14-24)8-7-9-27(26)30(42)34-6/h7-17,20-21H,18-19H2,1-6H3,(H,34,42)(H,35,38,41)/t20-,21+. The Bertz CT molecular complexity index is 1710. The molecule has 0 spiro atoms. The summed E-state index contributed by atoms with van der Waals surface area (Å²) in [5, 5.41) is 7.09. The van der Waals surface area contributed by atoms with E-state index in [1.54, 1.807) is 36.2 Å². The van der Waals surface area contributed by atoms with Gasteiger partial charge in [0, 0.05) is 50.4 Å². The first-order chi connectivity index (χ1) is 21.4. The smallest absolute Gasteiger partial charge is 0.410 e. The minimum atomic E-state index is -0.575. The largest absolute Gasteiger partial charge is 0.457 e. The number of amides is 3. The van der Waals surface area contributed by atoms with E-state index >= 15 is 0 Å².